The molecule has 0 aromatic carbocycles. The van der Waals surface area contributed by atoms with E-state index in [4.69, 9.17) is 15.9 Å². The topological polar surface area (TPSA) is 130 Å². The number of thioether (sulfide) groups is 1. The van der Waals surface area contributed by atoms with Crippen molar-refractivity contribution in [3.05, 3.63) is 0 Å². The monoisotopic (exact) mass is 264 g/mol. The average Bonchev–Trinajstić information content (AvgIpc) is 2.23. The van der Waals surface area contributed by atoms with E-state index in [9.17, 15) is 14.4 Å². The van der Waals surface area contributed by atoms with Crippen LogP contribution in [-0.2, 0) is 14.4 Å². The number of nitrogens with one attached hydrogen (secondary N) is 1. The van der Waals surface area contributed by atoms with Gasteiger partial charge in [-0.25, -0.2) is 0 Å². The maximum Gasteiger partial charge on any atom is 0.321 e. The third kappa shape index (κ3) is 6.80. The lowest BCUT2D eigenvalue weighted by Crippen LogP contribution is -2.37. The van der Waals surface area contributed by atoms with Crippen LogP contribution in [-0.4, -0.2) is 51.6 Å². The molecule has 0 aliphatic rings. The Labute approximate surface area is 103 Å². The molecule has 0 saturated carbocycles. The highest BCUT2D eigenvalue weighted by Gasteiger charge is 2.24. The van der Waals surface area contributed by atoms with Gasteiger partial charge in [-0.1, -0.05) is 0 Å². The molecule has 0 bridgehead atoms. The molecule has 0 aliphatic carbocycles. The van der Waals surface area contributed by atoms with Crippen LogP contribution in [0.5, 0.6) is 0 Å². The van der Waals surface area contributed by atoms with E-state index >= 15 is 0 Å². The van der Waals surface area contributed by atoms with Crippen molar-refractivity contribution in [1.82, 2.24) is 5.32 Å². The van der Waals surface area contributed by atoms with E-state index < -0.39 is 29.1 Å². The summed E-state index contributed by atoms with van der Waals surface area (Å²) in [6, 6.07) is -1.11. The van der Waals surface area contributed by atoms with E-state index in [1.54, 1.807) is 6.92 Å². The zero-order valence-electron chi connectivity index (χ0n) is 9.38. The minimum absolute atomic E-state index is 0.00951. The number of rotatable bonds is 8. The highest BCUT2D eigenvalue weighted by Crippen LogP contribution is 2.16. The summed E-state index contributed by atoms with van der Waals surface area (Å²) in [6.45, 7) is 2.10. The van der Waals surface area contributed by atoms with Gasteiger partial charge in [0.15, 0.2) is 0 Å². The predicted octanol–water partition coefficient (Wildman–Crippen LogP) is -0.889. The van der Waals surface area contributed by atoms with Crippen LogP contribution in [0.1, 0.15) is 13.3 Å². The van der Waals surface area contributed by atoms with Crippen molar-refractivity contribution < 1.29 is 24.6 Å². The van der Waals surface area contributed by atoms with Crippen LogP contribution in [0, 0.1) is 0 Å². The van der Waals surface area contributed by atoms with Crippen molar-refractivity contribution in [3.63, 3.8) is 0 Å². The molecular formula is C9H16N2O5S. The van der Waals surface area contributed by atoms with E-state index in [1.165, 1.54) is 0 Å². The Morgan fingerprint density at radius 2 is 1.94 bits per heavy atom. The van der Waals surface area contributed by atoms with Gasteiger partial charge in [0.1, 0.15) is 6.04 Å². The number of carbonyl (C=O) groups excluding carboxylic acids is 1. The van der Waals surface area contributed by atoms with Gasteiger partial charge in [0.2, 0.25) is 5.91 Å². The van der Waals surface area contributed by atoms with Crippen molar-refractivity contribution in [3.8, 4) is 0 Å². The molecule has 2 atom stereocenters. The molecule has 1 amide bonds. The maximum absolute atomic E-state index is 11.5. The van der Waals surface area contributed by atoms with Gasteiger partial charge >= 0.3 is 11.9 Å². The second-order valence-electron chi connectivity index (χ2n) is 3.26. The van der Waals surface area contributed by atoms with Gasteiger partial charge in [-0.2, -0.15) is 0 Å². The molecule has 7 nitrogen and oxygen atoms in total. The van der Waals surface area contributed by atoms with Gasteiger partial charge < -0.3 is 21.3 Å². The summed E-state index contributed by atoms with van der Waals surface area (Å²) >= 11 is 0.936. The smallest absolute Gasteiger partial charge is 0.321 e. The molecule has 2 unspecified atom stereocenters. The Bertz CT molecular complexity index is 297. The summed E-state index contributed by atoms with van der Waals surface area (Å²) in [6.07, 6.45) is -0.358. The van der Waals surface area contributed by atoms with Crippen LogP contribution in [0.15, 0.2) is 0 Å². The summed E-state index contributed by atoms with van der Waals surface area (Å²) in [5.41, 5.74) is 5.27. The van der Waals surface area contributed by atoms with Crippen LogP contribution in [0.2, 0.25) is 0 Å². The van der Waals surface area contributed by atoms with Crippen molar-refractivity contribution >= 4 is 29.6 Å². The molecule has 5 N–H and O–H groups in total. The third-order valence-electron chi connectivity index (χ3n) is 1.80. The minimum Gasteiger partial charge on any atom is -0.481 e. The Morgan fingerprint density at radius 3 is 2.35 bits per heavy atom. The Kier molecular flexibility index (Phi) is 7.31. The van der Waals surface area contributed by atoms with E-state index in [1.807, 2.05) is 0 Å². The number of carboxylic acid groups (broad SMARTS) is 2. The lowest BCUT2D eigenvalue weighted by atomic mass is 10.3. The lowest BCUT2D eigenvalue weighted by molar-refractivity contribution is -0.138. The van der Waals surface area contributed by atoms with E-state index in [2.05, 4.69) is 5.32 Å². The predicted molar refractivity (Wildman–Crippen MR) is 62.8 cm³/mol. The highest BCUT2D eigenvalue weighted by molar-refractivity contribution is 8.00. The third-order valence-corrected chi connectivity index (χ3v) is 3.13. The molecular weight excluding hydrogens is 248 g/mol. The summed E-state index contributed by atoms with van der Waals surface area (Å²) in [7, 11) is 0. The summed E-state index contributed by atoms with van der Waals surface area (Å²) < 4.78 is 0. The summed E-state index contributed by atoms with van der Waals surface area (Å²) in [4.78, 5) is 32.5. The molecule has 17 heavy (non-hydrogen) atoms. The number of hydrogen-bond donors (Lipinski definition) is 4. The van der Waals surface area contributed by atoms with Gasteiger partial charge in [-0.15, -0.1) is 11.8 Å². The first-order valence-corrected chi connectivity index (χ1v) is 6.02. The number of carboxylic acids is 2. The van der Waals surface area contributed by atoms with Crippen LogP contribution in [0.3, 0.4) is 0 Å². The number of aliphatic carboxylic acids is 2. The SMILES string of the molecule is CCNC(=O)C(CC(=O)O)SCC(N)C(=O)O. The van der Waals surface area contributed by atoms with Gasteiger partial charge in [0, 0.05) is 12.3 Å². The van der Waals surface area contributed by atoms with Crippen LogP contribution >= 0.6 is 11.8 Å². The minimum atomic E-state index is -1.18. The van der Waals surface area contributed by atoms with E-state index in [-0.39, 0.29) is 12.2 Å². The first kappa shape index (κ1) is 15.7. The Hall–Kier alpha value is -1.28. The molecule has 8 heteroatoms. The number of nitrogens with two attached hydrogens (primary N) is 1. The zero-order valence-corrected chi connectivity index (χ0v) is 10.2. The zero-order chi connectivity index (χ0) is 13.4. The first-order chi connectivity index (χ1) is 7.88. The van der Waals surface area contributed by atoms with E-state index in [0.29, 0.717) is 6.54 Å². The van der Waals surface area contributed by atoms with E-state index in [0.717, 1.165) is 11.8 Å². The van der Waals surface area contributed by atoms with Crippen molar-refractivity contribution in [2.45, 2.75) is 24.6 Å². The fraction of sp³-hybridized carbons (Fsp3) is 0.667. The van der Waals surface area contributed by atoms with Crippen molar-refractivity contribution in [2.24, 2.45) is 5.73 Å². The molecule has 0 heterocycles. The number of carbonyl (C=O) groups is 3. The maximum atomic E-state index is 11.5. The fourth-order valence-electron chi connectivity index (χ4n) is 0.965. The molecule has 0 spiro atoms. The molecule has 98 valence electrons. The van der Waals surface area contributed by atoms with Gasteiger partial charge in [0.05, 0.1) is 11.7 Å². The number of amides is 1. The van der Waals surface area contributed by atoms with Gasteiger partial charge in [0.25, 0.3) is 0 Å². The fourth-order valence-corrected chi connectivity index (χ4v) is 2.04. The Balaban J connectivity index is 4.33. The highest BCUT2D eigenvalue weighted by atomic mass is 32.2. The van der Waals surface area contributed by atoms with Crippen molar-refractivity contribution in [2.75, 3.05) is 12.3 Å². The van der Waals surface area contributed by atoms with Crippen LogP contribution in [0.4, 0.5) is 0 Å². The first-order valence-electron chi connectivity index (χ1n) is 4.98. The summed E-state index contributed by atoms with van der Waals surface area (Å²) in [5.74, 6) is -2.72. The molecule has 0 rings (SSSR count). The van der Waals surface area contributed by atoms with Crippen LogP contribution < -0.4 is 11.1 Å². The quantitative estimate of drug-likeness (QED) is 0.447. The second-order valence-corrected chi connectivity index (χ2v) is 4.49. The molecule has 0 aliphatic heterocycles. The molecule has 0 aromatic rings. The second kappa shape index (κ2) is 7.91. The normalized spacial score (nSPS) is 13.8. The molecule has 0 aromatic heterocycles. The summed E-state index contributed by atoms with van der Waals surface area (Å²) in [5, 5.41) is 18.9. The Morgan fingerprint density at radius 1 is 1.35 bits per heavy atom. The van der Waals surface area contributed by atoms with Crippen LogP contribution in [0.25, 0.3) is 0 Å². The largest absolute Gasteiger partial charge is 0.481 e. The van der Waals surface area contributed by atoms with Gasteiger partial charge in [-0.05, 0) is 6.92 Å². The molecule has 0 radical (unpaired) electrons. The lowest BCUT2D eigenvalue weighted by Gasteiger charge is -2.15. The molecule has 0 saturated heterocycles. The van der Waals surface area contributed by atoms with Gasteiger partial charge in [-0.3, -0.25) is 14.4 Å². The molecule has 0 fully saturated rings. The average molecular weight is 264 g/mol. The van der Waals surface area contributed by atoms with Crippen molar-refractivity contribution in [1.29, 1.82) is 0 Å². The number of hydrogen-bond acceptors (Lipinski definition) is 5. The standard InChI is InChI=1S/C9H16N2O5S/c1-2-11-8(14)6(3-7(12)13)17-4-5(10)9(15)16/h5-6H,2-4,10H2,1H3,(H,11,14)(H,12,13)(H,15,16).